The maximum absolute atomic E-state index is 14.5. The third kappa shape index (κ3) is 2.90. The number of nitrogens with two attached hydrogens (primary N) is 1. The molecule has 9 heteroatoms. The number of halogens is 3. The molecule has 3 rings (SSSR count). The molecule has 0 unspecified atom stereocenters. The number of fused-ring (bicyclic) bond motifs is 1. The molecule has 25 heavy (non-hydrogen) atoms. The molecule has 1 saturated heterocycles. The molecule has 1 aliphatic heterocycles. The minimum atomic E-state index is -1.49. The summed E-state index contributed by atoms with van der Waals surface area (Å²) >= 11 is 6.14. The molecule has 0 aliphatic carbocycles. The van der Waals surface area contributed by atoms with Gasteiger partial charge in [0.2, 0.25) is 5.82 Å². The Morgan fingerprint density at radius 2 is 1.84 bits per heavy atom. The van der Waals surface area contributed by atoms with Gasteiger partial charge >= 0.3 is 6.09 Å². The van der Waals surface area contributed by atoms with Crippen LogP contribution in [0.25, 0.3) is 10.9 Å². The van der Waals surface area contributed by atoms with Crippen molar-refractivity contribution in [3.63, 3.8) is 0 Å². The number of aromatic nitrogens is 1. The molecule has 1 fully saturated rings. The topological polar surface area (TPSA) is 88.4 Å². The Morgan fingerprint density at radius 3 is 2.44 bits per heavy atom. The molecule has 1 aliphatic rings. The van der Waals surface area contributed by atoms with Crippen LogP contribution in [0.2, 0.25) is 5.02 Å². The van der Waals surface area contributed by atoms with Crippen molar-refractivity contribution in [3.8, 4) is 5.75 Å². The van der Waals surface area contributed by atoms with Crippen LogP contribution in [0.4, 0.5) is 13.6 Å². The van der Waals surface area contributed by atoms with Gasteiger partial charge in [0.05, 0.1) is 15.9 Å². The molecule has 1 aromatic carbocycles. The van der Waals surface area contributed by atoms with E-state index < -0.39 is 34.9 Å². The normalized spacial score (nSPS) is 14.8. The van der Waals surface area contributed by atoms with Gasteiger partial charge < -0.3 is 20.4 Å². The SMILES string of the molecule is Cc1[nH]c2c(C(N)=O)c(F)c(F)c(OC(=O)N3CCCCC3)c2c1Cl. The Kier molecular flexibility index (Phi) is 4.55. The number of H-pyrrole nitrogens is 1. The van der Waals surface area contributed by atoms with E-state index in [2.05, 4.69) is 4.98 Å². The molecule has 2 aromatic rings. The van der Waals surface area contributed by atoms with Crippen LogP contribution >= 0.6 is 11.6 Å². The van der Waals surface area contributed by atoms with Crippen molar-refractivity contribution in [2.75, 3.05) is 13.1 Å². The number of ether oxygens (including phenoxy) is 1. The molecule has 1 aromatic heterocycles. The van der Waals surface area contributed by atoms with Gasteiger partial charge in [-0.05, 0) is 26.2 Å². The second kappa shape index (κ2) is 6.51. The molecule has 3 N–H and O–H groups in total. The molecule has 0 bridgehead atoms. The highest BCUT2D eigenvalue weighted by Crippen LogP contribution is 2.40. The van der Waals surface area contributed by atoms with Crippen LogP contribution < -0.4 is 10.5 Å². The Labute approximate surface area is 146 Å². The molecule has 0 radical (unpaired) electrons. The number of piperidine rings is 1. The van der Waals surface area contributed by atoms with Crippen LogP contribution in [0.3, 0.4) is 0 Å². The summed E-state index contributed by atoms with van der Waals surface area (Å²) < 4.78 is 34.0. The average molecular weight is 372 g/mol. The summed E-state index contributed by atoms with van der Waals surface area (Å²) in [5.74, 6) is -4.78. The fourth-order valence-electron chi connectivity index (χ4n) is 2.99. The van der Waals surface area contributed by atoms with Gasteiger partial charge in [-0.25, -0.2) is 9.18 Å². The van der Waals surface area contributed by atoms with Gasteiger partial charge in [-0.2, -0.15) is 4.39 Å². The second-order valence-corrected chi connectivity index (χ2v) is 6.30. The van der Waals surface area contributed by atoms with E-state index in [-0.39, 0.29) is 15.9 Å². The van der Waals surface area contributed by atoms with E-state index >= 15 is 0 Å². The Balaban J connectivity index is 2.14. The first-order valence-electron chi connectivity index (χ1n) is 7.78. The lowest BCUT2D eigenvalue weighted by Gasteiger charge is -2.26. The summed E-state index contributed by atoms with van der Waals surface area (Å²) in [6, 6.07) is 0. The minimum absolute atomic E-state index is 0.0258. The lowest BCUT2D eigenvalue weighted by Crippen LogP contribution is -2.37. The number of aryl methyl sites for hydroxylation is 1. The monoisotopic (exact) mass is 371 g/mol. The largest absolute Gasteiger partial charge is 0.415 e. The van der Waals surface area contributed by atoms with Gasteiger partial charge in [0.1, 0.15) is 5.56 Å². The lowest BCUT2D eigenvalue weighted by molar-refractivity contribution is 0.0997. The molecule has 0 saturated carbocycles. The van der Waals surface area contributed by atoms with Crippen molar-refractivity contribution >= 4 is 34.5 Å². The highest BCUT2D eigenvalue weighted by atomic mass is 35.5. The van der Waals surface area contributed by atoms with Crippen molar-refractivity contribution in [1.82, 2.24) is 9.88 Å². The maximum atomic E-state index is 14.5. The van der Waals surface area contributed by atoms with Gasteiger partial charge in [-0.15, -0.1) is 0 Å². The number of rotatable bonds is 2. The van der Waals surface area contributed by atoms with Gasteiger partial charge in [0.25, 0.3) is 5.91 Å². The van der Waals surface area contributed by atoms with Crippen LogP contribution in [0.15, 0.2) is 0 Å². The second-order valence-electron chi connectivity index (χ2n) is 5.93. The number of amides is 2. The van der Waals surface area contributed by atoms with Crippen molar-refractivity contribution < 1.29 is 23.1 Å². The van der Waals surface area contributed by atoms with E-state index in [1.807, 2.05) is 0 Å². The Hall–Kier alpha value is -2.35. The molecule has 0 spiro atoms. The molecule has 134 valence electrons. The van der Waals surface area contributed by atoms with Crippen molar-refractivity contribution in [2.45, 2.75) is 26.2 Å². The summed E-state index contributed by atoms with van der Waals surface area (Å²) in [7, 11) is 0. The van der Waals surface area contributed by atoms with E-state index in [1.165, 1.54) is 4.90 Å². The molecular formula is C16H16ClF2N3O3. The summed E-state index contributed by atoms with van der Waals surface area (Å²) in [5.41, 5.74) is 4.75. The summed E-state index contributed by atoms with van der Waals surface area (Å²) in [4.78, 5) is 27.9. The van der Waals surface area contributed by atoms with Crippen LogP contribution in [0.5, 0.6) is 5.75 Å². The van der Waals surface area contributed by atoms with Crippen LogP contribution in [-0.2, 0) is 0 Å². The van der Waals surface area contributed by atoms with Crippen molar-refractivity contribution in [2.24, 2.45) is 5.73 Å². The van der Waals surface area contributed by atoms with Crippen molar-refractivity contribution in [1.29, 1.82) is 0 Å². The van der Waals surface area contributed by atoms with Gasteiger partial charge in [-0.3, -0.25) is 4.79 Å². The fraction of sp³-hybridized carbons (Fsp3) is 0.375. The summed E-state index contributed by atoms with van der Waals surface area (Å²) in [6.07, 6.45) is 1.83. The van der Waals surface area contributed by atoms with E-state index in [0.29, 0.717) is 18.8 Å². The van der Waals surface area contributed by atoms with E-state index in [9.17, 15) is 18.4 Å². The Morgan fingerprint density at radius 1 is 1.20 bits per heavy atom. The molecule has 2 amide bonds. The number of hydrogen-bond acceptors (Lipinski definition) is 3. The zero-order valence-corrected chi connectivity index (χ0v) is 14.2. The lowest BCUT2D eigenvalue weighted by atomic mass is 10.1. The number of primary amides is 1. The number of benzene rings is 1. The number of likely N-dealkylation sites (tertiary alicyclic amines) is 1. The number of hydrogen-bond donors (Lipinski definition) is 2. The predicted molar refractivity (Wildman–Crippen MR) is 87.9 cm³/mol. The third-order valence-electron chi connectivity index (χ3n) is 4.25. The van der Waals surface area contributed by atoms with Gasteiger partial charge in [-0.1, -0.05) is 11.6 Å². The summed E-state index contributed by atoms with van der Waals surface area (Å²) in [5, 5.41) is -0.0601. The first-order valence-corrected chi connectivity index (χ1v) is 8.16. The number of nitrogens with zero attached hydrogens (tertiary/aromatic N) is 1. The van der Waals surface area contributed by atoms with E-state index in [4.69, 9.17) is 22.1 Å². The number of aromatic amines is 1. The molecule has 6 nitrogen and oxygen atoms in total. The Bertz CT molecular complexity index is 876. The minimum Gasteiger partial charge on any atom is -0.406 e. The fourth-order valence-corrected chi connectivity index (χ4v) is 3.21. The molecular weight excluding hydrogens is 356 g/mol. The summed E-state index contributed by atoms with van der Waals surface area (Å²) in [6.45, 7) is 2.51. The highest BCUT2D eigenvalue weighted by Gasteiger charge is 2.30. The van der Waals surface area contributed by atoms with Crippen LogP contribution in [-0.4, -0.2) is 35.0 Å². The molecule has 0 atom stereocenters. The zero-order chi connectivity index (χ0) is 18.3. The smallest absolute Gasteiger partial charge is 0.406 e. The van der Waals surface area contributed by atoms with E-state index in [0.717, 1.165) is 19.3 Å². The number of nitrogens with one attached hydrogen (secondary N) is 1. The van der Waals surface area contributed by atoms with E-state index in [1.54, 1.807) is 6.92 Å². The first-order chi connectivity index (χ1) is 11.8. The third-order valence-corrected chi connectivity index (χ3v) is 4.72. The number of carbonyl (C=O) groups excluding carboxylic acids is 2. The number of carbonyl (C=O) groups is 2. The highest BCUT2D eigenvalue weighted by molar-refractivity contribution is 6.37. The van der Waals surface area contributed by atoms with Gasteiger partial charge in [0.15, 0.2) is 11.6 Å². The van der Waals surface area contributed by atoms with Gasteiger partial charge in [0, 0.05) is 18.8 Å². The average Bonchev–Trinajstić information content (AvgIpc) is 2.87. The van der Waals surface area contributed by atoms with Crippen LogP contribution in [0, 0.1) is 18.6 Å². The van der Waals surface area contributed by atoms with Crippen LogP contribution in [0.1, 0.15) is 35.3 Å². The zero-order valence-electron chi connectivity index (χ0n) is 13.4. The predicted octanol–water partition coefficient (Wildman–Crippen LogP) is 3.49. The quantitative estimate of drug-likeness (QED) is 0.846. The van der Waals surface area contributed by atoms with Crippen molar-refractivity contribution in [3.05, 3.63) is 27.9 Å². The first kappa shape index (κ1) is 17.5. The standard InChI is InChI=1S/C16H16ClF2N3O3/c1-7-10(17)8-13(21-7)9(15(20)23)11(18)12(19)14(8)25-16(24)22-5-3-2-4-6-22/h21H,2-6H2,1H3,(H2,20,23). The maximum Gasteiger partial charge on any atom is 0.415 e. The molecule has 2 heterocycles.